The molecule has 0 saturated heterocycles. The van der Waals surface area contributed by atoms with Crippen LogP contribution in [0.4, 0.5) is 0 Å². The van der Waals surface area contributed by atoms with Gasteiger partial charge in [0.25, 0.3) is 5.82 Å². The Morgan fingerprint density at radius 2 is 1.85 bits per heavy atom. The molecule has 3 unspecified atom stereocenters. The minimum Gasteiger partial charge on any atom is -1.00 e. The fourth-order valence-electron chi connectivity index (χ4n) is 5.05. The van der Waals surface area contributed by atoms with Crippen LogP contribution in [-0.2, 0) is 29.7 Å². The number of imidazole rings is 1. The van der Waals surface area contributed by atoms with E-state index in [-0.39, 0.29) is 31.0 Å². The summed E-state index contributed by atoms with van der Waals surface area (Å²) in [4.78, 5) is 13.2. The third-order valence-corrected chi connectivity index (χ3v) is 7.20. The van der Waals surface area contributed by atoms with Crippen LogP contribution in [0.25, 0.3) is 11.0 Å². The number of hydrogen-bond acceptors (Lipinski definition) is 3. The predicted molar refractivity (Wildman–Crippen MR) is 130 cm³/mol. The smallest absolute Gasteiger partial charge is 0.348 e. The second-order valence-corrected chi connectivity index (χ2v) is 10.1. The lowest BCUT2D eigenvalue weighted by Crippen LogP contribution is -3.00. The molecule has 7 heteroatoms. The molecule has 34 heavy (non-hydrogen) atoms. The zero-order chi connectivity index (χ0) is 23.5. The normalized spacial score (nSPS) is 20.2. The zero-order valence-electron chi connectivity index (χ0n) is 20.3. The van der Waals surface area contributed by atoms with Gasteiger partial charge >= 0.3 is 5.97 Å². The highest BCUT2D eigenvalue weighted by Gasteiger charge is 2.34. The van der Waals surface area contributed by atoms with E-state index in [0.717, 1.165) is 35.4 Å². The van der Waals surface area contributed by atoms with E-state index in [2.05, 4.69) is 31.4 Å². The van der Waals surface area contributed by atoms with Crippen LogP contribution in [0.3, 0.4) is 0 Å². The summed E-state index contributed by atoms with van der Waals surface area (Å²) in [7, 11) is 2.00. The Balaban J connectivity index is 0.00000324. The molecule has 0 spiro atoms. The molecule has 4 rings (SSSR count). The molecule has 0 aliphatic heterocycles. The Hall–Kier alpha value is -2.24. The van der Waals surface area contributed by atoms with Gasteiger partial charge in [0, 0.05) is 5.02 Å². The number of halogens is 2. The Morgan fingerprint density at radius 1 is 1.15 bits per heavy atom. The average molecular weight is 505 g/mol. The number of hydrogen-bond donors (Lipinski definition) is 0. The molecule has 0 radical (unpaired) electrons. The van der Waals surface area contributed by atoms with Crippen molar-refractivity contribution in [3.05, 3.63) is 59.4 Å². The minimum absolute atomic E-state index is 0. The molecule has 1 aromatic heterocycles. The predicted octanol–water partition coefficient (Wildman–Crippen LogP) is 2.71. The summed E-state index contributed by atoms with van der Waals surface area (Å²) in [6.45, 7) is 7.20. The summed E-state index contributed by atoms with van der Waals surface area (Å²) in [5.41, 5.74) is 2.04. The molecule has 3 aromatic rings. The highest BCUT2D eigenvalue weighted by atomic mass is 35.5. The van der Waals surface area contributed by atoms with Gasteiger partial charge in [-0.25, -0.2) is 13.9 Å². The van der Waals surface area contributed by atoms with Crippen molar-refractivity contribution < 1.29 is 31.2 Å². The number of aryl methyl sites for hydroxylation is 1. The van der Waals surface area contributed by atoms with Gasteiger partial charge in [0.15, 0.2) is 24.2 Å². The van der Waals surface area contributed by atoms with Crippen molar-refractivity contribution in [1.29, 1.82) is 0 Å². The van der Waals surface area contributed by atoms with Gasteiger partial charge in [-0.2, -0.15) is 0 Å². The van der Waals surface area contributed by atoms with Crippen LogP contribution in [0.2, 0.25) is 5.02 Å². The molecule has 5 nitrogen and oxygen atoms in total. The Kier molecular flexibility index (Phi) is 8.89. The molecule has 0 bridgehead atoms. The molecule has 1 saturated carbocycles. The number of para-hydroxylation sites is 2. The molecule has 0 amide bonds. The quantitative estimate of drug-likeness (QED) is 0.367. The van der Waals surface area contributed by atoms with E-state index >= 15 is 0 Å². The Bertz CT molecular complexity index is 1110. The maximum Gasteiger partial charge on any atom is 0.348 e. The average Bonchev–Trinajstić information content (AvgIpc) is 3.04. The third-order valence-electron chi connectivity index (χ3n) is 6.95. The number of fused-ring (bicyclic) bond motifs is 1. The molecule has 1 heterocycles. The van der Waals surface area contributed by atoms with E-state index in [1.165, 1.54) is 6.42 Å². The highest BCUT2D eigenvalue weighted by molar-refractivity contribution is 6.30. The molecule has 0 N–H and O–H groups in total. The lowest BCUT2D eigenvalue weighted by molar-refractivity contribution is -0.655. The lowest BCUT2D eigenvalue weighted by Gasteiger charge is -2.36. The number of rotatable bonds is 7. The number of ether oxygens (including phenoxy) is 2. The Labute approximate surface area is 213 Å². The molecule has 184 valence electrons. The van der Waals surface area contributed by atoms with Crippen molar-refractivity contribution >= 4 is 28.6 Å². The van der Waals surface area contributed by atoms with Gasteiger partial charge in [0.2, 0.25) is 0 Å². The summed E-state index contributed by atoms with van der Waals surface area (Å²) < 4.78 is 16.2. The minimum atomic E-state index is -0.186. The van der Waals surface area contributed by atoms with Crippen molar-refractivity contribution in [3.8, 4) is 5.75 Å². The maximum absolute atomic E-state index is 13.2. The SMILES string of the molecule is CC1CCC(C(C)C)C(OC(=O)Cn2c(COc3ccc(Cl)cc3)[n+](C)c3ccccc32)C1.[Cl-]. The summed E-state index contributed by atoms with van der Waals surface area (Å²) in [5.74, 6) is 2.97. The van der Waals surface area contributed by atoms with Crippen LogP contribution in [0.1, 0.15) is 45.9 Å². The number of esters is 1. The van der Waals surface area contributed by atoms with Gasteiger partial charge in [0.1, 0.15) is 11.9 Å². The maximum atomic E-state index is 13.2. The second kappa shape index (κ2) is 11.5. The summed E-state index contributed by atoms with van der Waals surface area (Å²) in [6, 6.07) is 15.4. The first-order valence-corrected chi connectivity index (χ1v) is 12.2. The van der Waals surface area contributed by atoms with Crippen LogP contribution in [0.5, 0.6) is 5.75 Å². The molecule has 2 aromatic carbocycles. The largest absolute Gasteiger partial charge is 1.00 e. The summed E-state index contributed by atoms with van der Waals surface area (Å²) in [6.07, 6.45) is 3.27. The highest BCUT2D eigenvalue weighted by Crippen LogP contribution is 2.35. The van der Waals surface area contributed by atoms with E-state index in [1.807, 2.05) is 41.9 Å². The first-order chi connectivity index (χ1) is 15.8. The third kappa shape index (κ3) is 5.87. The van der Waals surface area contributed by atoms with E-state index in [4.69, 9.17) is 21.1 Å². The molecule has 1 aliphatic carbocycles. The molecule has 1 fully saturated rings. The van der Waals surface area contributed by atoms with Crippen LogP contribution in [0.15, 0.2) is 48.5 Å². The fourth-order valence-corrected chi connectivity index (χ4v) is 5.18. The number of carbonyl (C=O) groups is 1. The first kappa shape index (κ1) is 26.4. The van der Waals surface area contributed by atoms with Crippen molar-refractivity contribution in [1.82, 2.24) is 4.57 Å². The van der Waals surface area contributed by atoms with E-state index in [9.17, 15) is 4.79 Å². The monoisotopic (exact) mass is 504 g/mol. The summed E-state index contributed by atoms with van der Waals surface area (Å²) in [5, 5.41) is 0.668. The summed E-state index contributed by atoms with van der Waals surface area (Å²) >= 11 is 5.99. The van der Waals surface area contributed by atoms with Gasteiger partial charge in [-0.1, -0.05) is 50.9 Å². The van der Waals surface area contributed by atoms with Crippen LogP contribution < -0.4 is 21.7 Å². The first-order valence-electron chi connectivity index (χ1n) is 11.9. The second-order valence-electron chi connectivity index (χ2n) is 9.65. The van der Waals surface area contributed by atoms with Crippen LogP contribution in [0, 0.1) is 17.8 Å². The van der Waals surface area contributed by atoms with E-state index in [1.54, 1.807) is 12.1 Å². The van der Waals surface area contributed by atoms with E-state index < -0.39 is 0 Å². The van der Waals surface area contributed by atoms with Crippen molar-refractivity contribution in [3.63, 3.8) is 0 Å². The number of carbonyl (C=O) groups excluding carboxylic acids is 1. The lowest BCUT2D eigenvalue weighted by atomic mass is 9.75. The number of nitrogens with zero attached hydrogens (tertiary/aromatic N) is 2. The molecular formula is C27H34Cl2N2O3. The molecule has 1 aliphatic rings. The standard InChI is InChI=1S/C27H34ClN2O3.ClH/c1-18(2)22-14-9-19(3)15-25(22)33-27(31)16-30-24-8-6-5-7-23(24)29(4)26(30)17-32-21-12-10-20(28)11-13-21;/h5-8,10-13,18-19,22,25H,9,14-17H2,1-4H3;1H/q+1;/p-1. The van der Waals surface area contributed by atoms with Crippen molar-refractivity contribution in [2.45, 2.75) is 59.3 Å². The van der Waals surface area contributed by atoms with Gasteiger partial charge in [-0.3, -0.25) is 0 Å². The van der Waals surface area contributed by atoms with Gasteiger partial charge in [-0.05, 0) is 67.0 Å². The van der Waals surface area contributed by atoms with Crippen molar-refractivity contribution in [2.24, 2.45) is 24.8 Å². The molecular weight excluding hydrogens is 471 g/mol. The van der Waals surface area contributed by atoms with Gasteiger partial charge in [-0.15, -0.1) is 0 Å². The number of aromatic nitrogens is 2. The fraction of sp³-hybridized carbons (Fsp3) is 0.481. The van der Waals surface area contributed by atoms with Crippen LogP contribution in [-0.4, -0.2) is 16.6 Å². The van der Waals surface area contributed by atoms with E-state index in [0.29, 0.717) is 29.4 Å². The van der Waals surface area contributed by atoms with Gasteiger partial charge in [0.05, 0.1) is 7.05 Å². The number of benzene rings is 2. The topological polar surface area (TPSA) is 44.3 Å². The van der Waals surface area contributed by atoms with Crippen LogP contribution >= 0.6 is 11.6 Å². The molecule has 3 atom stereocenters. The van der Waals surface area contributed by atoms with Crippen molar-refractivity contribution in [2.75, 3.05) is 0 Å². The van der Waals surface area contributed by atoms with Gasteiger partial charge < -0.3 is 21.9 Å². The zero-order valence-corrected chi connectivity index (χ0v) is 21.9. The Morgan fingerprint density at radius 3 is 2.56 bits per heavy atom.